The van der Waals surface area contributed by atoms with E-state index >= 15 is 0 Å². The SMILES string of the molecule is COS(CC(C)CCCl)(OC)OC. The first-order chi connectivity index (χ1) is 6.14. The molecule has 0 aliphatic carbocycles. The lowest BCUT2D eigenvalue weighted by molar-refractivity contribution is 0.244. The van der Waals surface area contributed by atoms with Crippen molar-refractivity contribution < 1.29 is 12.5 Å². The van der Waals surface area contributed by atoms with Crippen LogP contribution in [0.2, 0.25) is 0 Å². The third-order valence-electron chi connectivity index (χ3n) is 1.85. The highest BCUT2D eigenvalue weighted by molar-refractivity contribution is 8.21. The van der Waals surface area contributed by atoms with Crippen molar-refractivity contribution in [2.45, 2.75) is 13.3 Å². The minimum atomic E-state index is -1.79. The van der Waals surface area contributed by atoms with Crippen molar-refractivity contribution in [2.75, 3.05) is 33.0 Å². The van der Waals surface area contributed by atoms with Crippen molar-refractivity contribution in [3.05, 3.63) is 0 Å². The average Bonchev–Trinajstić information content (AvgIpc) is 2.15. The molecule has 5 heteroatoms. The van der Waals surface area contributed by atoms with Gasteiger partial charge in [0.25, 0.3) is 0 Å². The summed E-state index contributed by atoms with van der Waals surface area (Å²) in [5.41, 5.74) is 0. The standard InChI is InChI=1S/C8H19ClO3S/c1-8(5-6-9)7-13(10-2,11-3)12-4/h8H,5-7H2,1-4H3. The van der Waals surface area contributed by atoms with E-state index in [0.717, 1.165) is 12.2 Å². The maximum absolute atomic E-state index is 5.64. The summed E-state index contributed by atoms with van der Waals surface area (Å²) in [7, 11) is 3.03. The van der Waals surface area contributed by atoms with Crippen LogP contribution < -0.4 is 0 Å². The third kappa shape index (κ3) is 4.51. The molecule has 82 valence electrons. The van der Waals surface area contributed by atoms with Crippen molar-refractivity contribution in [3.8, 4) is 0 Å². The Morgan fingerprint density at radius 1 is 1.15 bits per heavy atom. The van der Waals surface area contributed by atoms with Crippen LogP contribution in [-0.2, 0) is 12.5 Å². The molecule has 0 N–H and O–H groups in total. The molecule has 0 heterocycles. The zero-order valence-corrected chi connectivity index (χ0v) is 10.3. The van der Waals surface area contributed by atoms with Crippen LogP contribution >= 0.6 is 22.5 Å². The summed E-state index contributed by atoms with van der Waals surface area (Å²) >= 11 is 5.64. The summed E-state index contributed by atoms with van der Waals surface area (Å²) in [5.74, 6) is 1.88. The van der Waals surface area contributed by atoms with Gasteiger partial charge >= 0.3 is 0 Å². The van der Waals surface area contributed by atoms with Crippen LogP contribution in [0.3, 0.4) is 0 Å². The van der Waals surface area contributed by atoms with E-state index in [-0.39, 0.29) is 0 Å². The van der Waals surface area contributed by atoms with Crippen LogP contribution in [-0.4, -0.2) is 33.0 Å². The van der Waals surface area contributed by atoms with Crippen LogP contribution in [0.5, 0.6) is 0 Å². The molecule has 3 nitrogen and oxygen atoms in total. The van der Waals surface area contributed by atoms with Gasteiger partial charge in [-0.25, -0.2) is 0 Å². The van der Waals surface area contributed by atoms with Gasteiger partial charge in [0.1, 0.15) is 0 Å². The van der Waals surface area contributed by atoms with E-state index in [0.29, 0.717) is 11.8 Å². The Labute approximate surface area is 87.6 Å². The first-order valence-electron chi connectivity index (χ1n) is 4.17. The van der Waals surface area contributed by atoms with Gasteiger partial charge < -0.3 is 0 Å². The molecule has 0 rings (SSSR count). The average molecular weight is 231 g/mol. The molecule has 0 aliphatic rings. The zero-order valence-electron chi connectivity index (χ0n) is 8.71. The summed E-state index contributed by atoms with van der Waals surface area (Å²) in [6.45, 7) is 2.11. The molecule has 0 saturated carbocycles. The van der Waals surface area contributed by atoms with E-state index in [2.05, 4.69) is 6.92 Å². The molecule has 1 unspecified atom stereocenters. The van der Waals surface area contributed by atoms with Gasteiger partial charge in [-0.3, -0.25) is 12.5 Å². The van der Waals surface area contributed by atoms with Crippen LogP contribution in [0.4, 0.5) is 0 Å². The lowest BCUT2D eigenvalue weighted by Crippen LogP contribution is -2.16. The third-order valence-corrected chi connectivity index (χ3v) is 4.57. The van der Waals surface area contributed by atoms with Crippen molar-refractivity contribution >= 4 is 22.5 Å². The molecule has 0 aromatic heterocycles. The highest BCUT2D eigenvalue weighted by Gasteiger charge is 2.25. The molecule has 0 aromatic rings. The Morgan fingerprint density at radius 3 is 1.92 bits per heavy atom. The molecule has 0 amide bonds. The molecular formula is C8H19ClO3S. The maximum Gasteiger partial charge on any atom is 0.0882 e. The monoisotopic (exact) mass is 230 g/mol. The van der Waals surface area contributed by atoms with Gasteiger partial charge in [0, 0.05) is 11.6 Å². The Morgan fingerprint density at radius 2 is 1.62 bits per heavy atom. The van der Waals surface area contributed by atoms with E-state index in [1.807, 2.05) is 0 Å². The van der Waals surface area contributed by atoms with Gasteiger partial charge in [-0.1, -0.05) is 6.92 Å². The fourth-order valence-electron chi connectivity index (χ4n) is 1.03. The summed E-state index contributed by atoms with van der Waals surface area (Å²) in [6.07, 6.45) is 0.951. The lowest BCUT2D eigenvalue weighted by atomic mass is 10.2. The summed E-state index contributed by atoms with van der Waals surface area (Å²) in [4.78, 5) is 0. The molecular weight excluding hydrogens is 212 g/mol. The Hall–Kier alpha value is 0.520. The molecule has 1 atom stereocenters. The number of halogens is 1. The second-order valence-corrected chi connectivity index (χ2v) is 5.63. The smallest absolute Gasteiger partial charge is 0.0882 e. The first-order valence-corrected chi connectivity index (χ1v) is 6.29. The van der Waals surface area contributed by atoms with E-state index in [9.17, 15) is 0 Å². The van der Waals surface area contributed by atoms with Gasteiger partial charge in [-0.2, -0.15) is 0 Å². The fraction of sp³-hybridized carbons (Fsp3) is 1.00. The summed E-state index contributed by atoms with van der Waals surface area (Å²) in [6, 6.07) is 0. The van der Waals surface area contributed by atoms with Crippen LogP contribution in [0.15, 0.2) is 0 Å². The minimum absolute atomic E-state index is 0.451. The van der Waals surface area contributed by atoms with Crippen molar-refractivity contribution in [3.63, 3.8) is 0 Å². The van der Waals surface area contributed by atoms with E-state index in [1.165, 1.54) is 0 Å². The van der Waals surface area contributed by atoms with Gasteiger partial charge in [0.2, 0.25) is 0 Å². The van der Waals surface area contributed by atoms with E-state index < -0.39 is 10.9 Å². The minimum Gasteiger partial charge on any atom is -0.296 e. The van der Waals surface area contributed by atoms with Crippen LogP contribution in [0.1, 0.15) is 13.3 Å². The summed E-state index contributed by atoms with van der Waals surface area (Å²) < 4.78 is 15.7. The molecule has 0 aliphatic heterocycles. The molecule has 0 radical (unpaired) electrons. The highest BCUT2D eigenvalue weighted by Crippen LogP contribution is 2.50. The van der Waals surface area contributed by atoms with Crippen molar-refractivity contribution in [2.24, 2.45) is 5.92 Å². The number of hydrogen-bond acceptors (Lipinski definition) is 3. The molecule has 0 aromatic carbocycles. The summed E-state index contributed by atoms with van der Waals surface area (Å²) in [5, 5.41) is 0. The largest absolute Gasteiger partial charge is 0.296 e. The Kier molecular flexibility index (Phi) is 7.17. The van der Waals surface area contributed by atoms with E-state index in [1.54, 1.807) is 21.3 Å². The normalized spacial score (nSPS) is 15.8. The van der Waals surface area contributed by atoms with Crippen LogP contribution in [0, 0.1) is 5.92 Å². The highest BCUT2D eigenvalue weighted by atomic mass is 35.5. The first kappa shape index (κ1) is 13.5. The molecule has 0 saturated heterocycles. The predicted molar refractivity (Wildman–Crippen MR) is 58.0 cm³/mol. The van der Waals surface area contributed by atoms with E-state index in [4.69, 9.17) is 24.2 Å². The number of alkyl halides is 1. The Balaban J connectivity index is 4.07. The molecule has 0 bridgehead atoms. The molecule has 0 spiro atoms. The number of hydrogen-bond donors (Lipinski definition) is 0. The van der Waals surface area contributed by atoms with Crippen LogP contribution in [0.25, 0.3) is 0 Å². The zero-order chi connectivity index (χ0) is 10.3. The van der Waals surface area contributed by atoms with Gasteiger partial charge in [0.05, 0.1) is 32.2 Å². The van der Waals surface area contributed by atoms with Gasteiger partial charge in [-0.15, -0.1) is 11.6 Å². The Bertz CT molecular complexity index is 122. The maximum atomic E-state index is 5.64. The second-order valence-electron chi connectivity index (χ2n) is 2.81. The quantitative estimate of drug-likeness (QED) is 0.630. The van der Waals surface area contributed by atoms with Gasteiger partial charge in [-0.05, 0) is 12.3 Å². The second kappa shape index (κ2) is 6.90. The molecule has 0 fully saturated rings. The number of rotatable bonds is 7. The van der Waals surface area contributed by atoms with Crippen molar-refractivity contribution in [1.29, 1.82) is 0 Å². The topological polar surface area (TPSA) is 27.7 Å². The molecule has 13 heavy (non-hydrogen) atoms. The lowest BCUT2D eigenvalue weighted by Gasteiger charge is -2.35. The fourth-order valence-corrected chi connectivity index (χ4v) is 3.08. The predicted octanol–water partition coefficient (Wildman–Crippen LogP) is 2.74. The van der Waals surface area contributed by atoms with Crippen molar-refractivity contribution in [1.82, 2.24) is 0 Å². The van der Waals surface area contributed by atoms with Gasteiger partial charge in [0.15, 0.2) is 0 Å².